The Hall–Kier alpha value is -1.91. The van der Waals surface area contributed by atoms with Gasteiger partial charge >= 0.3 is 0 Å². The first-order valence-electron chi connectivity index (χ1n) is 7.58. The third kappa shape index (κ3) is 2.91. The molecule has 21 heavy (non-hydrogen) atoms. The van der Waals surface area contributed by atoms with Crippen molar-refractivity contribution < 1.29 is 14.3 Å². The van der Waals surface area contributed by atoms with Crippen molar-refractivity contribution in [3.05, 3.63) is 18.2 Å². The lowest BCUT2D eigenvalue weighted by Crippen LogP contribution is -2.49. The lowest BCUT2D eigenvalue weighted by atomic mass is 10.1. The van der Waals surface area contributed by atoms with Crippen LogP contribution in [-0.4, -0.2) is 50.2 Å². The molecule has 0 N–H and O–H groups in total. The van der Waals surface area contributed by atoms with Crippen LogP contribution in [0.15, 0.2) is 18.2 Å². The van der Waals surface area contributed by atoms with E-state index in [2.05, 4.69) is 11.0 Å². The van der Waals surface area contributed by atoms with E-state index in [0.29, 0.717) is 13.2 Å². The van der Waals surface area contributed by atoms with Crippen molar-refractivity contribution in [3.8, 4) is 11.5 Å². The van der Waals surface area contributed by atoms with Gasteiger partial charge < -0.3 is 19.3 Å². The van der Waals surface area contributed by atoms with Gasteiger partial charge in [-0.2, -0.15) is 0 Å². The molecule has 5 heteroatoms. The minimum Gasteiger partial charge on any atom is -0.486 e. The molecule has 0 radical (unpaired) electrons. The molecule has 0 bridgehead atoms. The van der Waals surface area contributed by atoms with Gasteiger partial charge in [0, 0.05) is 43.9 Å². The lowest BCUT2D eigenvalue weighted by molar-refractivity contribution is -0.134. The van der Waals surface area contributed by atoms with Crippen LogP contribution in [0.25, 0.3) is 0 Å². The molecule has 114 valence electrons. The second-order valence-corrected chi connectivity index (χ2v) is 5.79. The highest BCUT2D eigenvalue weighted by Crippen LogP contribution is 2.34. The first-order valence-corrected chi connectivity index (χ1v) is 7.58. The first kappa shape index (κ1) is 14.0. The van der Waals surface area contributed by atoms with E-state index < -0.39 is 0 Å². The summed E-state index contributed by atoms with van der Waals surface area (Å²) in [5, 5.41) is 0. The van der Waals surface area contributed by atoms with Gasteiger partial charge in [-0.05, 0) is 12.1 Å². The molecule has 1 saturated heterocycles. The Morgan fingerprint density at radius 2 is 1.71 bits per heavy atom. The van der Waals surface area contributed by atoms with Crippen molar-refractivity contribution >= 4 is 11.6 Å². The summed E-state index contributed by atoms with van der Waals surface area (Å²) in [6.45, 7) is 8.41. The van der Waals surface area contributed by atoms with Crippen molar-refractivity contribution in [1.82, 2.24) is 4.90 Å². The Bertz CT molecular complexity index is 522. The normalized spacial score (nSPS) is 18.0. The van der Waals surface area contributed by atoms with E-state index in [4.69, 9.17) is 9.47 Å². The van der Waals surface area contributed by atoms with E-state index in [1.165, 1.54) is 0 Å². The van der Waals surface area contributed by atoms with Crippen molar-refractivity contribution in [3.63, 3.8) is 0 Å². The van der Waals surface area contributed by atoms with Crippen LogP contribution in [0.4, 0.5) is 5.69 Å². The standard InChI is InChI=1S/C16H22N2O3/c1-12(2)16(19)18-7-5-17(6-8-18)13-3-4-14-15(11-13)21-10-9-20-14/h3-4,11-12H,5-10H2,1-2H3. The monoisotopic (exact) mass is 290 g/mol. The van der Waals surface area contributed by atoms with Gasteiger partial charge in [-0.3, -0.25) is 4.79 Å². The van der Waals surface area contributed by atoms with Crippen LogP contribution in [0.1, 0.15) is 13.8 Å². The fourth-order valence-electron chi connectivity index (χ4n) is 2.78. The number of nitrogens with zero attached hydrogens (tertiary/aromatic N) is 2. The van der Waals surface area contributed by atoms with Gasteiger partial charge in [-0.25, -0.2) is 0 Å². The molecule has 2 aliphatic rings. The molecule has 1 fully saturated rings. The minimum atomic E-state index is 0.0749. The van der Waals surface area contributed by atoms with Crippen molar-refractivity contribution in [2.75, 3.05) is 44.3 Å². The Balaban J connectivity index is 1.65. The summed E-state index contributed by atoms with van der Waals surface area (Å²) < 4.78 is 11.2. The summed E-state index contributed by atoms with van der Waals surface area (Å²) in [6.07, 6.45) is 0. The highest BCUT2D eigenvalue weighted by atomic mass is 16.6. The molecular weight excluding hydrogens is 268 g/mol. The molecule has 1 aromatic rings. The minimum absolute atomic E-state index is 0.0749. The number of carbonyl (C=O) groups excluding carboxylic acids is 1. The fourth-order valence-corrected chi connectivity index (χ4v) is 2.78. The smallest absolute Gasteiger partial charge is 0.225 e. The van der Waals surface area contributed by atoms with Crippen LogP contribution in [0, 0.1) is 5.92 Å². The predicted octanol–water partition coefficient (Wildman–Crippen LogP) is 1.76. The summed E-state index contributed by atoms with van der Waals surface area (Å²) in [5.41, 5.74) is 1.14. The van der Waals surface area contributed by atoms with Gasteiger partial charge in [-0.15, -0.1) is 0 Å². The van der Waals surface area contributed by atoms with Gasteiger partial charge in [-0.1, -0.05) is 13.8 Å². The number of rotatable bonds is 2. The number of fused-ring (bicyclic) bond motifs is 1. The molecule has 0 atom stereocenters. The summed E-state index contributed by atoms with van der Waals surface area (Å²) in [5.74, 6) is 1.96. The van der Waals surface area contributed by atoms with Crippen LogP contribution in [0.2, 0.25) is 0 Å². The molecule has 0 aromatic heterocycles. The van der Waals surface area contributed by atoms with E-state index in [9.17, 15) is 4.79 Å². The van der Waals surface area contributed by atoms with Crippen LogP contribution >= 0.6 is 0 Å². The quantitative estimate of drug-likeness (QED) is 0.832. The number of hydrogen-bond donors (Lipinski definition) is 0. The number of piperazine rings is 1. The fraction of sp³-hybridized carbons (Fsp3) is 0.562. The third-order valence-electron chi connectivity index (χ3n) is 3.98. The van der Waals surface area contributed by atoms with E-state index in [0.717, 1.165) is 43.4 Å². The van der Waals surface area contributed by atoms with Crippen LogP contribution in [0.5, 0.6) is 11.5 Å². The Labute approximate surface area is 125 Å². The molecule has 3 rings (SSSR count). The molecule has 0 aliphatic carbocycles. The van der Waals surface area contributed by atoms with Crippen LogP contribution in [0.3, 0.4) is 0 Å². The Morgan fingerprint density at radius 3 is 2.38 bits per heavy atom. The number of benzene rings is 1. The molecule has 2 aliphatic heterocycles. The highest BCUT2D eigenvalue weighted by Gasteiger charge is 2.23. The molecule has 1 amide bonds. The zero-order valence-corrected chi connectivity index (χ0v) is 12.7. The Kier molecular flexibility index (Phi) is 3.90. The van der Waals surface area contributed by atoms with Crippen molar-refractivity contribution in [2.45, 2.75) is 13.8 Å². The van der Waals surface area contributed by atoms with Gasteiger partial charge in [0.15, 0.2) is 11.5 Å². The largest absolute Gasteiger partial charge is 0.486 e. The van der Waals surface area contributed by atoms with E-state index in [1.807, 2.05) is 30.9 Å². The van der Waals surface area contributed by atoms with Gasteiger partial charge in [0.2, 0.25) is 5.91 Å². The lowest BCUT2D eigenvalue weighted by Gasteiger charge is -2.37. The summed E-state index contributed by atoms with van der Waals surface area (Å²) in [4.78, 5) is 16.3. The topological polar surface area (TPSA) is 42.0 Å². The maximum Gasteiger partial charge on any atom is 0.225 e. The zero-order valence-electron chi connectivity index (χ0n) is 12.7. The summed E-state index contributed by atoms with van der Waals surface area (Å²) in [7, 11) is 0. The van der Waals surface area contributed by atoms with E-state index in [-0.39, 0.29) is 11.8 Å². The SMILES string of the molecule is CC(C)C(=O)N1CCN(c2ccc3c(c2)OCCO3)CC1. The molecule has 2 heterocycles. The summed E-state index contributed by atoms with van der Waals surface area (Å²) >= 11 is 0. The van der Waals surface area contributed by atoms with Gasteiger partial charge in [0.1, 0.15) is 13.2 Å². The van der Waals surface area contributed by atoms with Crippen LogP contribution < -0.4 is 14.4 Å². The van der Waals surface area contributed by atoms with Gasteiger partial charge in [0.25, 0.3) is 0 Å². The second-order valence-electron chi connectivity index (χ2n) is 5.79. The highest BCUT2D eigenvalue weighted by molar-refractivity contribution is 5.78. The third-order valence-corrected chi connectivity index (χ3v) is 3.98. The van der Waals surface area contributed by atoms with E-state index >= 15 is 0 Å². The van der Waals surface area contributed by atoms with Gasteiger partial charge in [0.05, 0.1) is 0 Å². The average molecular weight is 290 g/mol. The first-order chi connectivity index (χ1) is 10.1. The maximum atomic E-state index is 12.0. The number of amides is 1. The van der Waals surface area contributed by atoms with E-state index in [1.54, 1.807) is 0 Å². The summed E-state index contributed by atoms with van der Waals surface area (Å²) in [6, 6.07) is 6.07. The van der Waals surface area contributed by atoms with Crippen LogP contribution in [-0.2, 0) is 4.79 Å². The molecular formula is C16H22N2O3. The number of carbonyl (C=O) groups is 1. The number of hydrogen-bond acceptors (Lipinski definition) is 4. The van der Waals surface area contributed by atoms with Crippen molar-refractivity contribution in [2.24, 2.45) is 5.92 Å². The average Bonchev–Trinajstić information content (AvgIpc) is 2.54. The Morgan fingerprint density at radius 1 is 1.05 bits per heavy atom. The maximum absolute atomic E-state index is 12.0. The predicted molar refractivity (Wildman–Crippen MR) is 81.1 cm³/mol. The number of ether oxygens (including phenoxy) is 2. The molecule has 5 nitrogen and oxygen atoms in total. The molecule has 1 aromatic carbocycles. The zero-order chi connectivity index (χ0) is 14.8. The van der Waals surface area contributed by atoms with Crippen molar-refractivity contribution in [1.29, 1.82) is 0 Å². The molecule has 0 saturated carbocycles. The molecule has 0 spiro atoms. The second kappa shape index (κ2) is 5.84. The molecule has 0 unspecified atom stereocenters. The number of anilines is 1.